The van der Waals surface area contributed by atoms with Crippen molar-refractivity contribution in [1.82, 2.24) is 4.57 Å². The number of methoxy groups -OCH3 is 1. The summed E-state index contributed by atoms with van der Waals surface area (Å²) in [6.45, 7) is 0. The third-order valence-corrected chi connectivity index (χ3v) is 2.36. The van der Waals surface area contributed by atoms with Crippen LogP contribution in [0, 0.1) is 4.84 Å². The van der Waals surface area contributed by atoms with E-state index in [1.165, 1.54) is 0 Å². The lowest BCUT2D eigenvalue weighted by Gasteiger charge is -1.98. The molecule has 4 heteroatoms. The van der Waals surface area contributed by atoms with Gasteiger partial charge in [0.15, 0.2) is 11.3 Å². The van der Waals surface area contributed by atoms with Crippen LogP contribution >= 0.6 is 12.2 Å². The lowest BCUT2D eigenvalue weighted by molar-refractivity contribution is 0.408. The molecule has 0 aliphatic rings. The molecule has 68 valence electrons. The molecule has 0 aliphatic carbocycles. The number of aryl methyl sites for hydroxylation is 1. The summed E-state index contributed by atoms with van der Waals surface area (Å²) >= 11 is 5.00. The lowest BCUT2D eigenvalue weighted by atomic mass is 10.3. The summed E-state index contributed by atoms with van der Waals surface area (Å²) in [6.07, 6.45) is 0. The number of hydrogen-bond acceptors (Lipinski definition) is 3. The van der Waals surface area contributed by atoms with Gasteiger partial charge in [-0.25, -0.2) is 0 Å². The molecular formula is C9H9NO2S. The zero-order valence-electron chi connectivity index (χ0n) is 7.40. The summed E-state index contributed by atoms with van der Waals surface area (Å²) in [6, 6.07) is 5.70. The van der Waals surface area contributed by atoms with Gasteiger partial charge in [0.1, 0.15) is 0 Å². The van der Waals surface area contributed by atoms with Gasteiger partial charge >= 0.3 is 0 Å². The summed E-state index contributed by atoms with van der Waals surface area (Å²) in [5.41, 5.74) is 1.65. The summed E-state index contributed by atoms with van der Waals surface area (Å²) < 4.78 is 12.3. The monoisotopic (exact) mass is 195 g/mol. The molecule has 2 aromatic rings. The Morgan fingerprint density at radius 2 is 2.23 bits per heavy atom. The van der Waals surface area contributed by atoms with Crippen LogP contribution in [0.2, 0.25) is 0 Å². The molecule has 2 rings (SSSR count). The van der Waals surface area contributed by atoms with Crippen molar-refractivity contribution in [1.29, 1.82) is 0 Å². The van der Waals surface area contributed by atoms with Crippen LogP contribution in [0.1, 0.15) is 0 Å². The topological polar surface area (TPSA) is 27.3 Å². The van der Waals surface area contributed by atoms with Crippen molar-refractivity contribution in [2.75, 3.05) is 7.11 Å². The van der Waals surface area contributed by atoms with Crippen LogP contribution in [-0.2, 0) is 7.05 Å². The molecule has 1 aromatic heterocycles. The third kappa shape index (κ3) is 1.14. The third-order valence-electron chi connectivity index (χ3n) is 2.00. The van der Waals surface area contributed by atoms with E-state index in [-0.39, 0.29) is 0 Å². The van der Waals surface area contributed by atoms with E-state index in [0.29, 0.717) is 16.2 Å². The van der Waals surface area contributed by atoms with Gasteiger partial charge < -0.3 is 13.7 Å². The Bertz CT molecular complexity index is 498. The van der Waals surface area contributed by atoms with Crippen LogP contribution < -0.4 is 4.74 Å². The molecule has 0 saturated heterocycles. The first-order valence-electron chi connectivity index (χ1n) is 3.86. The first-order valence-corrected chi connectivity index (χ1v) is 4.27. The summed E-state index contributed by atoms with van der Waals surface area (Å²) in [7, 11) is 3.48. The highest BCUT2D eigenvalue weighted by molar-refractivity contribution is 7.71. The number of aromatic nitrogens is 1. The molecule has 1 aromatic carbocycles. The lowest BCUT2D eigenvalue weighted by Crippen LogP contribution is -1.87. The standard InChI is InChI=1S/C9H9NO2S/c1-10-6-4-3-5-7(11-2)8(6)12-9(10)13/h3-5H,1-2H3. The van der Waals surface area contributed by atoms with Gasteiger partial charge in [0, 0.05) is 7.05 Å². The Hall–Kier alpha value is -1.29. The average Bonchev–Trinajstić information content (AvgIpc) is 2.43. The van der Waals surface area contributed by atoms with Crippen LogP contribution in [-0.4, -0.2) is 11.7 Å². The summed E-state index contributed by atoms with van der Waals surface area (Å²) in [4.78, 5) is 0.458. The molecular weight excluding hydrogens is 186 g/mol. The molecule has 0 bridgehead atoms. The van der Waals surface area contributed by atoms with E-state index in [1.54, 1.807) is 7.11 Å². The molecule has 13 heavy (non-hydrogen) atoms. The number of hydrogen-bond donors (Lipinski definition) is 0. The molecule has 0 atom stereocenters. The van der Waals surface area contributed by atoms with Crippen molar-refractivity contribution < 1.29 is 9.15 Å². The first-order chi connectivity index (χ1) is 6.24. The number of rotatable bonds is 1. The Kier molecular flexibility index (Phi) is 1.84. The van der Waals surface area contributed by atoms with Crippen LogP contribution in [0.3, 0.4) is 0 Å². The van der Waals surface area contributed by atoms with E-state index in [2.05, 4.69) is 0 Å². The zero-order chi connectivity index (χ0) is 9.42. The van der Waals surface area contributed by atoms with Gasteiger partial charge in [-0.3, -0.25) is 0 Å². The van der Waals surface area contributed by atoms with Crippen molar-refractivity contribution in [3.8, 4) is 5.75 Å². The molecule has 0 radical (unpaired) electrons. The van der Waals surface area contributed by atoms with Crippen molar-refractivity contribution in [3.63, 3.8) is 0 Å². The normalized spacial score (nSPS) is 10.6. The largest absolute Gasteiger partial charge is 0.493 e. The number of para-hydroxylation sites is 1. The van der Waals surface area contributed by atoms with Crippen LogP contribution in [0.4, 0.5) is 0 Å². The first kappa shape index (κ1) is 8.31. The van der Waals surface area contributed by atoms with Gasteiger partial charge in [0.2, 0.25) is 0 Å². The van der Waals surface area contributed by atoms with Gasteiger partial charge in [-0.05, 0) is 24.4 Å². The highest BCUT2D eigenvalue weighted by atomic mass is 32.1. The Balaban J connectivity index is 2.92. The van der Waals surface area contributed by atoms with E-state index >= 15 is 0 Å². The Morgan fingerprint density at radius 1 is 1.46 bits per heavy atom. The molecule has 0 saturated carbocycles. The van der Waals surface area contributed by atoms with Crippen LogP contribution in [0.15, 0.2) is 22.6 Å². The number of fused-ring (bicyclic) bond motifs is 1. The fraction of sp³-hybridized carbons (Fsp3) is 0.222. The fourth-order valence-corrected chi connectivity index (χ4v) is 1.47. The van der Waals surface area contributed by atoms with Crippen molar-refractivity contribution >= 4 is 23.3 Å². The molecule has 0 amide bonds. The number of benzene rings is 1. The second-order valence-electron chi connectivity index (χ2n) is 2.74. The van der Waals surface area contributed by atoms with Crippen LogP contribution in [0.5, 0.6) is 5.75 Å². The maximum absolute atomic E-state index is 5.37. The summed E-state index contributed by atoms with van der Waals surface area (Å²) in [5.74, 6) is 0.712. The molecule has 1 heterocycles. The minimum atomic E-state index is 0.458. The zero-order valence-corrected chi connectivity index (χ0v) is 8.22. The number of ether oxygens (including phenoxy) is 1. The molecule has 0 N–H and O–H groups in total. The molecule has 0 aliphatic heterocycles. The van der Waals surface area contributed by atoms with Gasteiger partial charge in [-0.1, -0.05) is 6.07 Å². The maximum atomic E-state index is 5.37. The number of oxazole rings is 1. The van der Waals surface area contributed by atoms with Crippen molar-refractivity contribution in [2.24, 2.45) is 7.05 Å². The SMILES string of the molecule is COc1cccc2c1oc(=S)n2C. The van der Waals surface area contributed by atoms with E-state index in [0.717, 1.165) is 5.52 Å². The minimum absolute atomic E-state index is 0.458. The molecule has 0 fully saturated rings. The predicted molar refractivity (Wildman–Crippen MR) is 52.6 cm³/mol. The predicted octanol–water partition coefficient (Wildman–Crippen LogP) is 2.51. The average molecular weight is 195 g/mol. The highest BCUT2D eigenvalue weighted by Gasteiger charge is 2.07. The van der Waals surface area contributed by atoms with Gasteiger partial charge in [-0.15, -0.1) is 0 Å². The molecule has 3 nitrogen and oxygen atoms in total. The fourth-order valence-electron chi connectivity index (χ4n) is 1.29. The Labute approximate surface area is 80.5 Å². The smallest absolute Gasteiger partial charge is 0.269 e. The van der Waals surface area contributed by atoms with E-state index in [9.17, 15) is 0 Å². The van der Waals surface area contributed by atoms with Crippen LogP contribution in [0.25, 0.3) is 11.1 Å². The quantitative estimate of drug-likeness (QED) is 0.654. The van der Waals surface area contributed by atoms with E-state index in [4.69, 9.17) is 21.4 Å². The van der Waals surface area contributed by atoms with E-state index < -0.39 is 0 Å². The maximum Gasteiger partial charge on any atom is 0.269 e. The van der Waals surface area contributed by atoms with Gasteiger partial charge in [-0.2, -0.15) is 0 Å². The second-order valence-corrected chi connectivity index (χ2v) is 3.08. The highest BCUT2D eigenvalue weighted by Crippen LogP contribution is 2.26. The van der Waals surface area contributed by atoms with Gasteiger partial charge in [0.05, 0.1) is 12.6 Å². The van der Waals surface area contributed by atoms with Gasteiger partial charge in [0.25, 0.3) is 4.84 Å². The van der Waals surface area contributed by atoms with Crippen molar-refractivity contribution in [2.45, 2.75) is 0 Å². The van der Waals surface area contributed by atoms with E-state index in [1.807, 2.05) is 29.8 Å². The minimum Gasteiger partial charge on any atom is -0.493 e. The Morgan fingerprint density at radius 3 is 2.92 bits per heavy atom. The number of nitrogens with zero attached hydrogens (tertiary/aromatic N) is 1. The summed E-state index contributed by atoms with van der Waals surface area (Å²) in [5, 5.41) is 0. The molecule has 0 unspecified atom stereocenters. The van der Waals surface area contributed by atoms with Crippen molar-refractivity contribution in [3.05, 3.63) is 23.0 Å². The molecule has 0 spiro atoms. The second kappa shape index (κ2) is 2.88.